The van der Waals surface area contributed by atoms with E-state index in [-0.39, 0.29) is 17.7 Å². The molecule has 0 amide bonds. The third-order valence-corrected chi connectivity index (χ3v) is 4.49. The third-order valence-electron chi connectivity index (χ3n) is 4.14. The summed E-state index contributed by atoms with van der Waals surface area (Å²) < 4.78 is 27.6. The lowest BCUT2D eigenvalue weighted by molar-refractivity contribution is 0.392. The van der Waals surface area contributed by atoms with Gasteiger partial charge < -0.3 is 5.32 Å². The summed E-state index contributed by atoms with van der Waals surface area (Å²) >= 11 is 6.29. The molecule has 2 atom stereocenters. The Morgan fingerprint density at radius 1 is 1.00 bits per heavy atom. The van der Waals surface area contributed by atoms with Crippen molar-refractivity contribution in [3.63, 3.8) is 0 Å². The highest BCUT2D eigenvalue weighted by molar-refractivity contribution is 6.31. The monoisotopic (exact) mass is 307 g/mol. The SMILES string of the molecule is Fc1ccc(F)c(C2CCNCC2c2ccccc2Cl)c1. The summed E-state index contributed by atoms with van der Waals surface area (Å²) in [5.41, 5.74) is 1.43. The average Bonchev–Trinajstić information content (AvgIpc) is 2.50. The van der Waals surface area contributed by atoms with Gasteiger partial charge in [-0.25, -0.2) is 8.78 Å². The van der Waals surface area contributed by atoms with E-state index < -0.39 is 5.82 Å². The zero-order valence-electron chi connectivity index (χ0n) is 11.5. The van der Waals surface area contributed by atoms with Crippen LogP contribution >= 0.6 is 11.6 Å². The molecule has 1 saturated heterocycles. The van der Waals surface area contributed by atoms with Crippen molar-refractivity contribution in [1.29, 1.82) is 0 Å². The molecule has 2 unspecified atom stereocenters. The van der Waals surface area contributed by atoms with Gasteiger partial charge in [-0.3, -0.25) is 0 Å². The summed E-state index contributed by atoms with van der Waals surface area (Å²) in [7, 11) is 0. The lowest BCUT2D eigenvalue weighted by atomic mass is 9.77. The molecular weight excluding hydrogens is 292 g/mol. The molecule has 0 aliphatic carbocycles. The molecule has 21 heavy (non-hydrogen) atoms. The maximum atomic E-state index is 14.1. The molecule has 110 valence electrons. The fourth-order valence-electron chi connectivity index (χ4n) is 3.13. The van der Waals surface area contributed by atoms with Crippen molar-refractivity contribution >= 4 is 11.6 Å². The molecular formula is C17H16ClF2N. The van der Waals surface area contributed by atoms with Crippen LogP contribution in [0.5, 0.6) is 0 Å². The number of piperidine rings is 1. The van der Waals surface area contributed by atoms with Crippen molar-refractivity contribution < 1.29 is 8.78 Å². The van der Waals surface area contributed by atoms with Crippen LogP contribution in [0.25, 0.3) is 0 Å². The number of hydrogen-bond donors (Lipinski definition) is 1. The first-order chi connectivity index (χ1) is 10.2. The Hall–Kier alpha value is -1.45. The number of hydrogen-bond acceptors (Lipinski definition) is 1. The molecule has 1 fully saturated rings. The minimum absolute atomic E-state index is 0.0451. The van der Waals surface area contributed by atoms with Gasteiger partial charge >= 0.3 is 0 Å². The summed E-state index contributed by atoms with van der Waals surface area (Å²) in [6.07, 6.45) is 0.760. The van der Waals surface area contributed by atoms with Crippen LogP contribution in [0.15, 0.2) is 42.5 Å². The maximum Gasteiger partial charge on any atom is 0.126 e. The topological polar surface area (TPSA) is 12.0 Å². The molecule has 1 aliphatic rings. The molecule has 2 aromatic rings. The normalized spacial score (nSPS) is 22.2. The Kier molecular flexibility index (Phi) is 4.22. The second-order valence-corrected chi connectivity index (χ2v) is 5.80. The predicted octanol–water partition coefficient (Wildman–Crippen LogP) is 4.48. The molecule has 3 rings (SSSR count). The third kappa shape index (κ3) is 2.94. The molecule has 0 spiro atoms. The first-order valence-corrected chi connectivity index (χ1v) is 7.44. The summed E-state index contributed by atoms with van der Waals surface area (Å²) in [4.78, 5) is 0. The van der Waals surface area contributed by atoms with Crippen molar-refractivity contribution in [3.05, 3.63) is 70.2 Å². The van der Waals surface area contributed by atoms with Crippen LogP contribution in [-0.4, -0.2) is 13.1 Å². The molecule has 0 aromatic heterocycles. The predicted molar refractivity (Wildman–Crippen MR) is 80.8 cm³/mol. The summed E-state index contributed by atoms with van der Waals surface area (Å²) in [6.45, 7) is 1.51. The van der Waals surface area contributed by atoms with Gasteiger partial charge in [0, 0.05) is 17.5 Å². The van der Waals surface area contributed by atoms with Gasteiger partial charge in [0.25, 0.3) is 0 Å². The van der Waals surface area contributed by atoms with Gasteiger partial charge in [-0.1, -0.05) is 29.8 Å². The minimum Gasteiger partial charge on any atom is -0.316 e. The highest BCUT2D eigenvalue weighted by Gasteiger charge is 2.30. The van der Waals surface area contributed by atoms with E-state index in [4.69, 9.17) is 11.6 Å². The van der Waals surface area contributed by atoms with Gasteiger partial charge in [-0.15, -0.1) is 0 Å². The molecule has 1 N–H and O–H groups in total. The first kappa shape index (κ1) is 14.5. The zero-order chi connectivity index (χ0) is 14.8. The zero-order valence-corrected chi connectivity index (χ0v) is 12.2. The number of nitrogens with one attached hydrogen (secondary N) is 1. The van der Waals surface area contributed by atoms with Crippen LogP contribution in [-0.2, 0) is 0 Å². The van der Waals surface area contributed by atoms with Crippen molar-refractivity contribution in [2.24, 2.45) is 0 Å². The molecule has 0 saturated carbocycles. The van der Waals surface area contributed by atoms with Gasteiger partial charge in [0.15, 0.2) is 0 Å². The molecule has 4 heteroatoms. The van der Waals surface area contributed by atoms with Crippen LogP contribution in [0.1, 0.15) is 29.4 Å². The van der Waals surface area contributed by atoms with E-state index in [2.05, 4.69) is 5.32 Å². The summed E-state index contributed by atoms with van der Waals surface area (Å²) in [6, 6.07) is 11.3. The van der Waals surface area contributed by atoms with Gasteiger partial charge in [0.2, 0.25) is 0 Å². The van der Waals surface area contributed by atoms with Crippen LogP contribution in [0.4, 0.5) is 8.78 Å². The Balaban J connectivity index is 2.02. The second kappa shape index (κ2) is 6.12. The van der Waals surface area contributed by atoms with E-state index in [0.29, 0.717) is 17.1 Å². The van der Waals surface area contributed by atoms with Gasteiger partial charge in [-0.05, 0) is 54.3 Å². The van der Waals surface area contributed by atoms with E-state index in [0.717, 1.165) is 24.6 Å². The van der Waals surface area contributed by atoms with E-state index in [1.165, 1.54) is 12.1 Å². The lowest BCUT2D eigenvalue weighted by Crippen LogP contribution is -2.34. The molecule has 0 radical (unpaired) electrons. The number of rotatable bonds is 2. The van der Waals surface area contributed by atoms with E-state index in [9.17, 15) is 8.78 Å². The largest absolute Gasteiger partial charge is 0.316 e. The Morgan fingerprint density at radius 3 is 2.62 bits per heavy atom. The Labute approximate surface area is 127 Å². The number of halogens is 3. The maximum absolute atomic E-state index is 14.1. The van der Waals surface area contributed by atoms with Crippen LogP contribution in [0.2, 0.25) is 5.02 Å². The van der Waals surface area contributed by atoms with E-state index >= 15 is 0 Å². The fourth-order valence-corrected chi connectivity index (χ4v) is 3.41. The van der Waals surface area contributed by atoms with Crippen molar-refractivity contribution in [1.82, 2.24) is 5.32 Å². The molecule has 0 bridgehead atoms. The standard InChI is InChI=1S/C17H16ClF2N/c18-16-4-2-1-3-13(16)15-10-21-8-7-12(15)14-9-11(19)5-6-17(14)20/h1-6,9,12,15,21H,7-8,10H2. The highest BCUT2D eigenvalue weighted by Crippen LogP contribution is 2.40. The molecule has 1 nitrogen and oxygen atoms in total. The first-order valence-electron chi connectivity index (χ1n) is 7.07. The second-order valence-electron chi connectivity index (χ2n) is 5.39. The molecule has 2 aromatic carbocycles. The van der Waals surface area contributed by atoms with E-state index in [1.807, 2.05) is 24.3 Å². The van der Waals surface area contributed by atoms with Crippen LogP contribution < -0.4 is 5.32 Å². The average molecular weight is 308 g/mol. The Bertz CT molecular complexity index is 644. The van der Waals surface area contributed by atoms with Crippen LogP contribution in [0, 0.1) is 11.6 Å². The van der Waals surface area contributed by atoms with Gasteiger partial charge in [-0.2, -0.15) is 0 Å². The van der Waals surface area contributed by atoms with Gasteiger partial charge in [0.1, 0.15) is 11.6 Å². The smallest absolute Gasteiger partial charge is 0.126 e. The summed E-state index contributed by atoms with van der Waals surface area (Å²) in [5.74, 6) is -0.770. The summed E-state index contributed by atoms with van der Waals surface area (Å²) in [5, 5.41) is 3.99. The Morgan fingerprint density at radius 2 is 1.81 bits per heavy atom. The fraction of sp³-hybridized carbons (Fsp3) is 0.294. The van der Waals surface area contributed by atoms with Crippen molar-refractivity contribution in [2.75, 3.05) is 13.1 Å². The van der Waals surface area contributed by atoms with Crippen molar-refractivity contribution in [3.8, 4) is 0 Å². The van der Waals surface area contributed by atoms with Gasteiger partial charge in [0.05, 0.1) is 0 Å². The lowest BCUT2D eigenvalue weighted by Gasteiger charge is -2.33. The highest BCUT2D eigenvalue weighted by atomic mass is 35.5. The molecule has 1 heterocycles. The van der Waals surface area contributed by atoms with Crippen LogP contribution in [0.3, 0.4) is 0 Å². The minimum atomic E-state index is -0.400. The molecule has 1 aliphatic heterocycles. The van der Waals surface area contributed by atoms with E-state index in [1.54, 1.807) is 0 Å². The van der Waals surface area contributed by atoms with Crippen molar-refractivity contribution in [2.45, 2.75) is 18.3 Å². The quantitative estimate of drug-likeness (QED) is 0.862. The number of benzene rings is 2.